The number of benzene rings is 2. The van der Waals surface area contributed by atoms with Gasteiger partial charge in [0.1, 0.15) is 0 Å². The van der Waals surface area contributed by atoms with Crippen molar-refractivity contribution < 1.29 is 4.74 Å². The Hall–Kier alpha value is -1.60. The lowest BCUT2D eigenvalue weighted by Crippen LogP contribution is -2.12. The van der Waals surface area contributed by atoms with Gasteiger partial charge in [-0.1, -0.05) is 75.4 Å². The van der Waals surface area contributed by atoms with Crippen LogP contribution >= 0.6 is 0 Å². The molecule has 2 aromatic carbocycles. The second-order valence-electron chi connectivity index (χ2n) is 7.39. The van der Waals surface area contributed by atoms with Crippen LogP contribution in [0.1, 0.15) is 56.4 Å². The van der Waals surface area contributed by atoms with Crippen LogP contribution in [-0.4, -0.2) is 6.10 Å². The highest BCUT2D eigenvalue weighted by atomic mass is 16.5. The van der Waals surface area contributed by atoms with E-state index in [1.165, 1.54) is 16.7 Å². The zero-order valence-corrected chi connectivity index (χ0v) is 13.9. The summed E-state index contributed by atoms with van der Waals surface area (Å²) in [7, 11) is 0. The first kappa shape index (κ1) is 15.3. The molecule has 0 radical (unpaired) electrons. The maximum atomic E-state index is 6.25. The number of hydrogen-bond acceptors (Lipinski definition) is 1. The predicted molar refractivity (Wildman–Crippen MR) is 92.1 cm³/mol. The van der Waals surface area contributed by atoms with E-state index < -0.39 is 0 Å². The molecule has 0 saturated carbocycles. The molecule has 2 atom stereocenters. The Labute approximate surface area is 134 Å². The Morgan fingerprint density at radius 1 is 0.909 bits per heavy atom. The molecule has 0 spiro atoms. The topological polar surface area (TPSA) is 9.23 Å². The van der Waals surface area contributed by atoms with Crippen molar-refractivity contribution in [2.75, 3.05) is 0 Å². The second-order valence-corrected chi connectivity index (χ2v) is 7.39. The Morgan fingerprint density at radius 3 is 2.23 bits per heavy atom. The van der Waals surface area contributed by atoms with Gasteiger partial charge in [0.2, 0.25) is 0 Å². The predicted octanol–water partition coefficient (Wildman–Crippen LogP) is 5.45. The van der Waals surface area contributed by atoms with Crippen LogP contribution in [0.4, 0.5) is 0 Å². The van der Waals surface area contributed by atoms with Crippen LogP contribution in [0.2, 0.25) is 0 Å². The van der Waals surface area contributed by atoms with E-state index in [4.69, 9.17) is 4.74 Å². The standard InChI is InChI=1S/C21H26O/c1-21(2,3)18-11-9-16(10-12-18)15-19-13-14-20(22-19)17-7-5-4-6-8-17/h4-12,19-20H,13-15H2,1-3H3/t19-,20-/m1/s1. The lowest BCUT2D eigenvalue weighted by molar-refractivity contribution is 0.0451. The van der Waals surface area contributed by atoms with Crippen molar-refractivity contribution >= 4 is 0 Å². The van der Waals surface area contributed by atoms with Crippen LogP contribution in [0, 0.1) is 0 Å². The SMILES string of the molecule is CC(C)(C)c1ccc(C[C@H]2CC[C@H](c3ccccc3)O2)cc1. The molecule has 1 heterocycles. The Kier molecular flexibility index (Phi) is 4.35. The van der Waals surface area contributed by atoms with Crippen LogP contribution in [0.15, 0.2) is 54.6 Å². The number of hydrogen-bond donors (Lipinski definition) is 0. The van der Waals surface area contributed by atoms with E-state index in [0.717, 1.165) is 19.3 Å². The summed E-state index contributed by atoms with van der Waals surface area (Å²) < 4.78 is 6.25. The summed E-state index contributed by atoms with van der Waals surface area (Å²) >= 11 is 0. The van der Waals surface area contributed by atoms with Crippen LogP contribution in [-0.2, 0) is 16.6 Å². The van der Waals surface area contributed by atoms with E-state index >= 15 is 0 Å². The third-order valence-corrected chi connectivity index (χ3v) is 4.56. The average molecular weight is 294 g/mol. The van der Waals surface area contributed by atoms with Crippen molar-refractivity contribution in [1.82, 2.24) is 0 Å². The Morgan fingerprint density at radius 2 is 1.59 bits per heavy atom. The summed E-state index contributed by atoms with van der Waals surface area (Å²) in [5, 5.41) is 0. The van der Waals surface area contributed by atoms with Crippen molar-refractivity contribution in [3.05, 3.63) is 71.3 Å². The van der Waals surface area contributed by atoms with Crippen LogP contribution in [0.3, 0.4) is 0 Å². The van der Waals surface area contributed by atoms with Gasteiger partial charge in [-0.2, -0.15) is 0 Å². The van der Waals surface area contributed by atoms with Crippen molar-refractivity contribution in [3.63, 3.8) is 0 Å². The fourth-order valence-electron chi connectivity index (χ4n) is 3.17. The minimum absolute atomic E-state index is 0.223. The quantitative estimate of drug-likeness (QED) is 0.731. The minimum Gasteiger partial charge on any atom is -0.370 e. The smallest absolute Gasteiger partial charge is 0.0829 e. The van der Waals surface area contributed by atoms with Gasteiger partial charge >= 0.3 is 0 Å². The highest BCUT2D eigenvalue weighted by Gasteiger charge is 2.26. The molecule has 0 unspecified atom stereocenters. The largest absolute Gasteiger partial charge is 0.370 e. The summed E-state index contributed by atoms with van der Waals surface area (Å²) in [5.41, 5.74) is 4.31. The summed E-state index contributed by atoms with van der Waals surface area (Å²) in [6.07, 6.45) is 3.94. The third kappa shape index (κ3) is 3.59. The van der Waals surface area contributed by atoms with Crippen molar-refractivity contribution in [2.45, 2.75) is 57.7 Å². The molecule has 1 aliphatic rings. The molecule has 0 aliphatic carbocycles. The van der Waals surface area contributed by atoms with E-state index in [1.54, 1.807) is 0 Å². The Bertz CT molecular complexity index is 592. The van der Waals surface area contributed by atoms with Gasteiger partial charge in [-0.05, 0) is 41.4 Å². The van der Waals surface area contributed by atoms with Gasteiger partial charge in [-0.15, -0.1) is 0 Å². The van der Waals surface area contributed by atoms with Crippen LogP contribution in [0.5, 0.6) is 0 Å². The molecule has 116 valence electrons. The lowest BCUT2D eigenvalue weighted by atomic mass is 9.86. The maximum absolute atomic E-state index is 6.25. The molecule has 1 fully saturated rings. The zero-order chi connectivity index (χ0) is 15.6. The monoisotopic (exact) mass is 294 g/mol. The fourth-order valence-corrected chi connectivity index (χ4v) is 3.17. The van der Waals surface area contributed by atoms with E-state index in [-0.39, 0.29) is 11.5 Å². The van der Waals surface area contributed by atoms with Gasteiger partial charge in [-0.25, -0.2) is 0 Å². The van der Waals surface area contributed by atoms with Crippen molar-refractivity contribution in [2.24, 2.45) is 0 Å². The van der Waals surface area contributed by atoms with Gasteiger partial charge < -0.3 is 4.74 Å². The molecule has 1 saturated heterocycles. The molecular formula is C21H26O. The maximum Gasteiger partial charge on any atom is 0.0829 e. The molecule has 1 nitrogen and oxygen atoms in total. The van der Waals surface area contributed by atoms with Crippen molar-refractivity contribution in [3.8, 4) is 0 Å². The van der Waals surface area contributed by atoms with Crippen LogP contribution in [0.25, 0.3) is 0 Å². The molecular weight excluding hydrogens is 268 g/mol. The van der Waals surface area contributed by atoms with Gasteiger partial charge in [0.25, 0.3) is 0 Å². The molecule has 0 N–H and O–H groups in total. The van der Waals surface area contributed by atoms with Gasteiger partial charge in [0.15, 0.2) is 0 Å². The molecule has 3 rings (SSSR count). The first-order valence-corrected chi connectivity index (χ1v) is 8.32. The Balaban J connectivity index is 1.61. The summed E-state index contributed by atoms with van der Waals surface area (Å²) in [6, 6.07) is 19.6. The summed E-state index contributed by atoms with van der Waals surface area (Å²) in [4.78, 5) is 0. The molecule has 1 heteroatoms. The van der Waals surface area contributed by atoms with E-state index in [2.05, 4.69) is 75.4 Å². The van der Waals surface area contributed by atoms with Gasteiger partial charge in [-0.3, -0.25) is 0 Å². The average Bonchev–Trinajstić information content (AvgIpc) is 2.96. The van der Waals surface area contributed by atoms with E-state index in [1.807, 2.05) is 0 Å². The van der Waals surface area contributed by atoms with E-state index in [0.29, 0.717) is 6.10 Å². The molecule has 0 aromatic heterocycles. The van der Waals surface area contributed by atoms with Crippen LogP contribution < -0.4 is 0 Å². The second kappa shape index (κ2) is 6.26. The fraction of sp³-hybridized carbons (Fsp3) is 0.429. The summed E-state index contributed by atoms with van der Waals surface area (Å²) in [6.45, 7) is 6.77. The normalized spacial score (nSPS) is 22.0. The first-order chi connectivity index (χ1) is 10.5. The molecule has 0 amide bonds. The molecule has 22 heavy (non-hydrogen) atoms. The first-order valence-electron chi connectivity index (χ1n) is 8.32. The van der Waals surface area contributed by atoms with Crippen molar-refractivity contribution in [1.29, 1.82) is 0 Å². The zero-order valence-electron chi connectivity index (χ0n) is 13.9. The van der Waals surface area contributed by atoms with Gasteiger partial charge in [0, 0.05) is 0 Å². The highest BCUT2D eigenvalue weighted by Crippen LogP contribution is 2.34. The van der Waals surface area contributed by atoms with Gasteiger partial charge in [0.05, 0.1) is 12.2 Å². The third-order valence-electron chi connectivity index (χ3n) is 4.56. The molecule has 2 aromatic rings. The van der Waals surface area contributed by atoms with E-state index in [9.17, 15) is 0 Å². The minimum atomic E-state index is 0.223. The highest BCUT2D eigenvalue weighted by molar-refractivity contribution is 5.28. The molecule has 1 aliphatic heterocycles. The molecule has 0 bridgehead atoms. The lowest BCUT2D eigenvalue weighted by Gasteiger charge is -2.19. The summed E-state index contributed by atoms with van der Waals surface area (Å²) in [5.74, 6) is 0. The number of ether oxygens (including phenoxy) is 1. The number of rotatable bonds is 3.